The van der Waals surface area contributed by atoms with Crippen LogP contribution in [0.1, 0.15) is 35.6 Å². The van der Waals surface area contributed by atoms with Crippen molar-refractivity contribution in [2.24, 2.45) is 5.41 Å². The lowest BCUT2D eigenvalue weighted by molar-refractivity contribution is -0.146. The first-order valence-corrected chi connectivity index (χ1v) is 12.5. The van der Waals surface area contributed by atoms with E-state index in [-0.39, 0.29) is 0 Å². The first kappa shape index (κ1) is 24.1. The van der Waals surface area contributed by atoms with E-state index in [9.17, 15) is 9.90 Å². The zero-order valence-electron chi connectivity index (χ0n) is 21.1. The number of nitrogens with one attached hydrogen (secondary N) is 1. The third kappa shape index (κ3) is 4.63. The van der Waals surface area contributed by atoms with Gasteiger partial charge in [-0.25, -0.2) is 4.98 Å². The molecule has 1 saturated heterocycles. The quantitative estimate of drug-likeness (QED) is 0.504. The van der Waals surface area contributed by atoms with Gasteiger partial charge in [0.25, 0.3) is 0 Å². The summed E-state index contributed by atoms with van der Waals surface area (Å²) in [4.78, 5) is 18.7. The standard InChI is InChI=1S/C29H33N3O4/c1-19-6-4-7-22(24-8-5-9-26(31-24)32-13-11-29(2,18-32)28(33)34)27(19)36-17-20-14-21-10-12-30-16-23(21)25(15-20)35-3/h4-9,14-15,30H,10-13,16-18H2,1-3H3,(H,33,34)/t29-/m1/s1. The van der Waals surface area contributed by atoms with Gasteiger partial charge in [-0.05, 0) is 74.2 Å². The SMILES string of the molecule is COc1cc(COc2c(C)cccc2-c2cccc(N3CC[C@@](C)(C(=O)O)C3)n2)cc2c1CNCC2. The van der Waals surface area contributed by atoms with Crippen LogP contribution in [0.25, 0.3) is 11.3 Å². The van der Waals surface area contributed by atoms with E-state index in [0.717, 1.165) is 59.2 Å². The summed E-state index contributed by atoms with van der Waals surface area (Å²) in [5.74, 6) is 1.73. The first-order chi connectivity index (χ1) is 17.4. The lowest BCUT2D eigenvalue weighted by Crippen LogP contribution is -2.32. The Morgan fingerprint density at radius 1 is 1.22 bits per heavy atom. The molecule has 2 aliphatic heterocycles. The van der Waals surface area contributed by atoms with Crippen LogP contribution in [-0.4, -0.2) is 42.8 Å². The second kappa shape index (κ2) is 9.82. The van der Waals surface area contributed by atoms with Gasteiger partial charge in [0.2, 0.25) is 0 Å². The fourth-order valence-electron chi connectivity index (χ4n) is 5.17. The van der Waals surface area contributed by atoms with Crippen LogP contribution < -0.4 is 19.7 Å². The molecule has 0 amide bonds. The largest absolute Gasteiger partial charge is 0.496 e. The fourth-order valence-corrected chi connectivity index (χ4v) is 5.17. The van der Waals surface area contributed by atoms with Crippen molar-refractivity contribution in [1.82, 2.24) is 10.3 Å². The molecule has 1 fully saturated rings. The molecular weight excluding hydrogens is 454 g/mol. The highest BCUT2D eigenvalue weighted by atomic mass is 16.5. The average Bonchev–Trinajstić information content (AvgIpc) is 3.31. The van der Waals surface area contributed by atoms with E-state index in [4.69, 9.17) is 14.5 Å². The number of anilines is 1. The predicted molar refractivity (Wildman–Crippen MR) is 140 cm³/mol. The third-order valence-electron chi connectivity index (χ3n) is 7.37. The summed E-state index contributed by atoms with van der Waals surface area (Å²) in [6.45, 7) is 7.19. The number of carbonyl (C=O) groups is 1. The van der Waals surface area contributed by atoms with Crippen molar-refractivity contribution < 1.29 is 19.4 Å². The van der Waals surface area contributed by atoms with Gasteiger partial charge >= 0.3 is 5.97 Å². The van der Waals surface area contributed by atoms with Gasteiger partial charge in [0, 0.05) is 30.8 Å². The number of hydrogen-bond donors (Lipinski definition) is 2. The first-order valence-electron chi connectivity index (χ1n) is 12.5. The van der Waals surface area contributed by atoms with Crippen LogP contribution in [0.5, 0.6) is 11.5 Å². The van der Waals surface area contributed by atoms with Crippen molar-refractivity contribution in [2.45, 2.75) is 39.8 Å². The van der Waals surface area contributed by atoms with Crippen molar-refractivity contribution in [3.8, 4) is 22.8 Å². The number of hydrogen-bond acceptors (Lipinski definition) is 6. The second-order valence-electron chi connectivity index (χ2n) is 10.0. The lowest BCUT2D eigenvalue weighted by atomic mass is 9.90. The van der Waals surface area contributed by atoms with E-state index >= 15 is 0 Å². The van der Waals surface area contributed by atoms with Crippen molar-refractivity contribution in [3.05, 3.63) is 70.8 Å². The average molecular weight is 488 g/mol. The Labute approximate surface area is 212 Å². The number of methoxy groups -OCH3 is 1. The summed E-state index contributed by atoms with van der Waals surface area (Å²) in [6.07, 6.45) is 1.58. The fraction of sp³-hybridized carbons (Fsp3) is 0.379. The Morgan fingerprint density at radius 2 is 2.06 bits per heavy atom. The van der Waals surface area contributed by atoms with Gasteiger partial charge < -0.3 is 24.8 Å². The minimum absolute atomic E-state index is 0.428. The van der Waals surface area contributed by atoms with Crippen LogP contribution in [0, 0.1) is 12.3 Å². The minimum atomic E-state index is -0.759. The van der Waals surface area contributed by atoms with Crippen LogP contribution in [0.3, 0.4) is 0 Å². The third-order valence-corrected chi connectivity index (χ3v) is 7.37. The van der Waals surface area contributed by atoms with Gasteiger partial charge in [-0.3, -0.25) is 4.79 Å². The zero-order valence-corrected chi connectivity index (χ0v) is 21.1. The molecule has 1 atom stereocenters. The topological polar surface area (TPSA) is 83.9 Å². The zero-order chi connectivity index (χ0) is 25.3. The molecule has 0 bridgehead atoms. The molecule has 3 aromatic rings. The van der Waals surface area contributed by atoms with E-state index in [1.54, 1.807) is 14.0 Å². The molecule has 1 aromatic heterocycles. The second-order valence-corrected chi connectivity index (χ2v) is 10.0. The molecular formula is C29H33N3O4. The minimum Gasteiger partial charge on any atom is -0.496 e. The summed E-state index contributed by atoms with van der Waals surface area (Å²) >= 11 is 0. The molecule has 7 heteroatoms. The molecule has 36 heavy (non-hydrogen) atoms. The maximum Gasteiger partial charge on any atom is 0.311 e. The van der Waals surface area contributed by atoms with Crippen LogP contribution in [0.15, 0.2) is 48.5 Å². The molecule has 0 radical (unpaired) electrons. The Morgan fingerprint density at radius 3 is 2.83 bits per heavy atom. The molecule has 0 saturated carbocycles. The van der Waals surface area contributed by atoms with Gasteiger partial charge in [0.1, 0.15) is 23.9 Å². The van der Waals surface area contributed by atoms with Gasteiger partial charge in [-0.1, -0.05) is 24.3 Å². The molecule has 0 unspecified atom stereocenters. The van der Waals surface area contributed by atoms with Crippen LogP contribution >= 0.6 is 0 Å². The Kier molecular flexibility index (Phi) is 6.58. The number of ether oxygens (including phenoxy) is 2. The molecule has 0 spiro atoms. The number of aromatic nitrogens is 1. The summed E-state index contributed by atoms with van der Waals surface area (Å²) in [6, 6.07) is 16.3. The van der Waals surface area contributed by atoms with E-state index in [0.29, 0.717) is 26.1 Å². The van der Waals surface area contributed by atoms with Gasteiger partial charge in [0.05, 0.1) is 18.2 Å². The Bertz CT molecular complexity index is 1270. The normalized spacial score (nSPS) is 19.1. The van der Waals surface area contributed by atoms with Gasteiger partial charge in [-0.2, -0.15) is 0 Å². The number of benzene rings is 2. The number of carboxylic acids is 1. The number of para-hydroxylation sites is 1. The van der Waals surface area contributed by atoms with Crippen LogP contribution in [-0.2, 0) is 24.4 Å². The number of aliphatic carboxylic acids is 1. The highest BCUT2D eigenvalue weighted by molar-refractivity contribution is 5.76. The summed E-state index contributed by atoms with van der Waals surface area (Å²) in [5.41, 5.74) is 5.63. The van der Waals surface area contributed by atoms with Crippen LogP contribution in [0.2, 0.25) is 0 Å². The van der Waals surface area contributed by atoms with E-state index in [2.05, 4.69) is 22.3 Å². The molecule has 7 nitrogen and oxygen atoms in total. The number of carboxylic acid groups (broad SMARTS) is 1. The summed E-state index contributed by atoms with van der Waals surface area (Å²) in [7, 11) is 1.71. The number of rotatable bonds is 7. The van der Waals surface area contributed by atoms with Crippen molar-refractivity contribution >= 4 is 11.8 Å². The van der Waals surface area contributed by atoms with Crippen molar-refractivity contribution in [1.29, 1.82) is 0 Å². The van der Waals surface area contributed by atoms with Crippen LogP contribution in [0.4, 0.5) is 5.82 Å². The molecule has 2 N–H and O–H groups in total. The number of pyridine rings is 1. The van der Waals surface area contributed by atoms with Crippen molar-refractivity contribution in [3.63, 3.8) is 0 Å². The maximum absolute atomic E-state index is 11.7. The molecule has 2 aromatic carbocycles. The number of aryl methyl sites for hydroxylation is 1. The molecule has 188 valence electrons. The molecule has 5 rings (SSSR count). The van der Waals surface area contributed by atoms with Gasteiger partial charge in [0.15, 0.2) is 0 Å². The lowest BCUT2D eigenvalue weighted by Gasteiger charge is -2.22. The number of nitrogens with zero attached hydrogens (tertiary/aromatic N) is 2. The van der Waals surface area contributed by atoms with E-state index in [1.165, 1.54) is 11.1 Å². The highest BCUT2D eigenvalue weighted by Gasteiger charge is 2.41. The molecule has 0 aliphatic carbocycles. The summed E-state index contributed by atoms with van der Waals surface area (Å²) < 4.78 is 12.1. The highest BCUT2D eigenvalue weighted by Crippen LogP contribution is 2.36. The monoisotopic (exact) mass is 487 g/mol. The summed E-state index contributed by atoms with van der Waals surface area (Å²) in [5, 5.41) is 13.0. The smallest absolute Gasteiger partial charge is 0.311 e. The predicted octanol–water partition coefficient (Wildman–Crippen LogP) is 4.59. The van der Waals surface area contributed by atoms with E-state index < -0.39 is 11.4 Å². The number of fused-ring (bicyclic) bond motifs is 1. The Balaban J connectivity index is 1.41. The maximum atomic E-state index is 11.7. The molecule has 3 heterocycles. The van der Waals surface area contributed by atoms with Gasteiger partial charge in [-0.15, -0.1) is 0 Å². The molecule has 2 aliphatic rings. The Hall–Kier alpha value is -3.58. The van der Waals surface area contributed by atoms with Crippen molar-refractivity contribution in [2.75, 3.05) is 31.6 Å². The van der Waals surface area contributed by atoms with E-state index in [1.807, 2.05) is 43.3 Å².